The quantitative estimate of drug-likeness (QED) is 0.724. The molecule has 0 fully saturated rings. The van der Waals surface area contributed by atoms with Crippen molar-refractivity contribution < 1.29 is 13.5 Å². The van der Waals surface area contributed by atoms with Crippen LogP contribution < -0.4 is 4.72 Å². The summed E-state index contributed by atoms with van der Waals surface area (Å²) < 4.78 is 26.4. The molecule has 1 rings (SSSR count). The van der Waals surface area contributed by atoms with Gasteiger partial charge in [-0.05, 0) is 38.3 Å². The Balaban J connectivity index is 2.47. The third-order valence-electron chi connectivity index (χ3n) is 2.91. The van der Waals surface area contributed by atoms with Gasteiger partial charge >= 0.3 is 0 Å². The lowest BCUT2D eigenvalue weighted by Gasteiger charge is -2.11. The molecule has 0 aliphatic heterocycles. The van der Waals surface area contributed by atoms with Crippen LogP contribution in [0.5, 0.6) is 0 Å². The number of hydrogen-bond donors (Lipinski definition) is 2. The first kappa shape index (κ1) is 16.9. The second kappa shape index (κ2) is 8.19. The van der Waals surface area contributed by atoms with Crippen LogP contribution in [0.25, 0.3) is 0 Å². The Labute approximate surface area is 121 Å². The molecule has 112 valence electrons. The van der Waals surface area contributed by atoms with Crippen molar-refractivity contribution in [2.75, 3.05) is 6.54 Å². The van der Waals surface area contributed by atoms with Crippen LogP contribution in [0.3, 0.4) is 0 Å². The normalized spacial score (nSPS) is 13.8. The molecule has 1 aromatic carbocycles. The van der Waals surface area contributed by atoms with Gasteiger partial charge in [-0.2, -0.15) is 0 Å². The van der Waals surface area contributed by atoms with E-state index in [1.54, 1.807) is 24.3 Å². The third-order valence-corrected chi connectivity index (χ3v) is 4.35. The third kappa shape index (κ3) is 5.86. The number of aryl methyl sites for hydroxylation is 1. The monoisotopic (exact) mass is 297 g/mol. The van der Waals surface area contributed by atoms with Crippen LogP contribution in [0.15, 0.2) is 41.3 Å². The van der Waals surface area contributed by atoms with Crippen molar-refractivity contribution in [2.45, 2.75) is 44.1 Å². The summed E-state index contributed by atoms with van der Waals surface area (Å²) in [6, 6.07) is 6.63. The van der Waals surface area contributed by atoms with E-state index in [-0.39, 0.29) is 11.4 Å². The average molecular weight is 297 g/mol. The zero-order chi connectivity index (χ0) is 15.0. The molecule has 0 aromatic heterocycles. The molecule has 0 radical (unpaired) electrons. The fourth-order valence-corrected chi connectivity index (χ4v) is 2.75. The second-order valence-corrected chi connectivity index (χ2v) is 6.54. The minimum Gasteiger partial charge on any atom is -0.392 e. The number of aliphatic hydroxyl groups is 1. The number of sulfonamides is 1. The first-order valence-electron chi connectivity index (χ1n) is 6.85. The van der Waals surface area contributed by atoms with E-state index in [9.17, 15) is 13.5 Å². The van der Waals surface area contributed by atoms with Gasteiger partial charge in [-0.3, -0.25) is 0 Å². The van der Waals surface area contributed by atoms with Crippen LogP contribution in [0, 0.1) is 6.92 Å². The van der Waals surface area contributed by atoms with Gasteiger partial charge in [0.15, 0.2) is 0 Å². The van der Waals surface area contributed by atoms with Gasteiger partial charge in [0.25, 0.3) is 0 Å². The van der Waals surface area contributed by atoms with Crippen molar-refractivity contribution in [3.8, 4) is 0 Å². The van der Waals surface area contributed by atoms with Crippen molar-refractivity contribution in [3.63, 3.8) is 0 Å². The fraction of sp³-hybridized carbons (Fsp3) is 0.467. The molecule has 0 heterocycles. The van der Waals surface area contributed by atoms with E-state index in [0.29, 0.717) is 6.42 Å². The molecular weight excluding hydrogens is 274 g/mol. The summed E-state index contributed by atoms with van der Waals surface area (Å²) in [4.78, 5) is 0.223. The maximum absolute atomic E-state index is 12.0. The molecule has 20 heavy (non-hydrogen) atoms. The minimum atomic E-state index is -3.54. The molecule has 4 nitrogen and oxygen atoms in total. The lowest BCUT2D eigenvalue weighted by atomic mass is 10.2. The van der Waals surface area contributed by atoms with Gasteiger partial charge in [-0.1, -0.05) is 36.8 Å². The average Bonchev–Trinajstić information content (AvgIpc) is 2.42. The van der Waals surface area contributed by atoms with E-state index in [4.69, 9.17) is 0 Å². The van der Waals surface area contributed by atoms with Crippen LogP contribution in [-0.2, 0) is 10.0 Å². The Morgan fingerprint density at radius 1 is 1.25 bits per heavy atom. The largest absolute Gasteiger partial charge is 0.392 e. The Morgan fingerprint density at radius 3 is 2.50 bits per heavy atom. The standard InChI is InChI=1S/C15H23NO3S/c1-3-4-5-6-7-14(17)12-16-20(18,19)15-10-8-13(2)9-11-15/h4-5,8-11,14,16-17H,3,6-7,12H2,1-2H3/b5-4-. The number of nitrogens with one attached hydrogen (secondary N) is 1. The molecule has 0 aliphatic carbocycles. The van der Waals surface area contributed by atoms with Gasteiger partial charge in [0.2, 0.25) is 10.0 Å². The Hall–Kier alpha value is -1.17. The smallest absolute Gasteiger partial charge is 0.240 e. The van der Waals surface area contributed by atoms with Gasteiger partial charge in [-0.25, -0.2) is 13.1 Å². The molecule has 0 spiro atoms. The Morgan fingerprint density at radius 2 is 1.90 bits per heavy atom. The topological polar surface area (TPSA) is 66.4 Å². The zero-order valence-electron chi connectivity index (χ0n) is 12.0. The summed E-state index contributed by atoms with van der Waals surface area (Å²) in [5.74, 6) is 0. The van der Waals surface area contributed by atoms with Gasteiger partial charge in [0.1, 0.15) is 0 Å². The lowest BCUT2D eigenvalue weighted by Crippen LogP contribution is -2.32. The van der Waals surface area contributed by atoms with Crippen molar-refractivity contribution >= 4 is 10.0 Å². The summed E-state index contributed by atoms with van der Waals surface area (Å²) in [6.45, 7) is 3.98. The molecule has 2 N–H and O–H groups in total. The maximum Gasteiger partial charge on any atom is 0.240 e. The summed E-state index contributed by atoms with van der Waals surface area (Å²) in [5.41, 5.74) is 1.01. The van der Waals surface area contributed by atoms with Crippen LogP contribution in [0.1, 0.15) is 31.7 Å². The summed E-state index contributed by atoms with van der Waals surface area (Å²) >= 11 is 0. The summed E-state index contributed by atoms with van der Waals surface area (Å²) in [6.07, 6.45) is 5.63. The van der Waals surface area contributed by atoms with E-state index >= 15 is 0 Å². The molecule has 1 aromatic rings. The van der Waals surface area contributed by atoms with Crippen LogP contribution >= 0.6 is 0 Å². The number of hydrogen-bond acceptors (Lipinski definition) is 3. The molecule has 0 amide bonds. The highest BCUT2D eigenvalue weighted by molar-refractivity contribution is 7.89. The van der Waals surface area contributed by atoms with Crippen molar-refractivity contribution in [1.29, 1.82) is 0 Å². The van der Waals surface area contributed by atoms with Crippen LogP contribution in [0.2, 0.25) is 0 Å². The van der Waals surface area contributed by atoms with Gasteiger partial charge in [0.05, 0.1) is 11.0 Å². The molecule has 5 heteroatoms. The minimum absolute atomic E-state index is 0.0379. The number of benzene rings is 1. The van der Waals surface area contributed by atoms with Gasteiger partial charge < -0.3 is 5.11 Å². The van der Waals surface area contributed by atoms with Crippen molar-refractivity contribution in [1.82, 2.24) is 4.72 Å². The molecule has 1 unspecified atom stereocenters. The first-order valence-corrected chi connectivity index (χ1v) is 8.33. The van der Waals surface area contributed by atoms with E-state index in [0.717, 1.165) is 18.4 Å². The van der Waals surface area contributed by atoms with Crippen LogP contribution in [0.4, 0.5) is 0 Å². The van der Waals surface area contributed by atoms with E-state index < -0.39 is 16.1 Å². The molecule has 0 saturated heterocycles. The zero-order valence-corrected chi connectivity index (χ0v) is 12.9. The predicted molar refractivity (Wildman–Crippen MR) is 81.0 cm³/mol. The molecule has 1 atom stereocenters. The van der Waals surface area contributed by atoms with Crippen molar-refractivity contribution in [2.24, 2.45) is 0 Å². The highest BCUT2D eigenvalue weighted by Gasteiger charge is 2.15. The first-order chi connectivity index (χ1) is 9.45. The van der Waals surface area contributed by atoms with E-state index in [1.165, 1.54) is 0 Å². The number of aliphatic hydroxyl groups excluding tert-OH is 1. The Bertz CT molecular complexity index is 521. The van der Waals surface area contributed by atoms with E-state index in [1.807, 2.05) is 26.0 Å². The molecular formula is C15H23NO3S. The second-order valence-electron chi connectivity index (χ2n) is 4.78. The molecule has 0 bridgehead atoms. The van der Waals surface area contributed by atoms with E-state index in [2.05, 4.69) is 4.72 Å². The summed E-state index contributed by atoms with van der Waals surface area (Å²) in [7, 11) is -3.54. The summed E-state index contributed by atoms with van der Waals surface area (Å²) in [5, 5.41) is 9.74. The highest BCUT2D eigenvalue weighted by atomic mass is 32.2. The lowest BCUT2D eigenvalue weighted by molar-refractivity contribution is 0.169. The highest BCUT2D eigenvalue weighted by Crippen LogP contribution is 2.10. The SMILES string of the molecule is CC/C=C\CCC(O)CNS(=O)(=O)c1ccc(C)cc1. The number of allylic oxidation sites excluding steroid dienone is 2. The maximum atomic E-state index is 12.0. The van der Waals surface area contributed by atoms with Crippen molar-refractivity contribution in [3.05, 3.63) is 42.0 Å². The molecule has 0 saturated carbocycles. The van der Waals surface area contributed by atoms with Gasteiger partial charge in [0, 0.05) is 6.54 Å². The predicted octanol–water partition coefficient (Wildman–Crippen LogP) is 2.38. The fourth-order valence-electron chi connectivity index (χ4n) is 1.68. The number of rotatable bonds is 8. The molecule has 0 aliphatic rings. The van der Waals surface area contributed by atoms with Crippen LogP contribution in [-0.4, -0.2) is 26.2 Å². The van der Waals surface area contributed by atoms with Gasteiger partial charge in [-0.15, -0.1) is 0 Å². The Kier molecular flexibility index (Phi) is 6.91.